The number of nitrogens with one attached hydrogen (secondary N) is 2. The molecule has 6 N–H and O–H groups in total. The lowest BCUT2D eigenvalue weighted by molar-refractivity contribution is -0.138. The molecular weight excluding hydrogens is 588 g/mol. The third-order valence-electron chi connectivity index (χ3n) is 9.24. The minimum absolute atomic E-state index is 0.0607. The maximum atomic E-state index is 14.5. The van der Waals surface area contributed by atoms with Crippen LogP contribution in [0.4, 0.5) is 0 Å². The summed E-state index contributed by atoms with van der Waals surface area (Å²) in [5, 5.41) is 8.87. The Morgan fingerprint density at radius 1 is 0.915 bits per heavy atom. The summed E-state index contributed by atoms with van der Waals surface area (Å²) < 4.78 is 6.44. The highest BCUT2D eigenvalue weighted by atomic mass is 16.5. The van der Waals surface area contributed by atoms with Crippen molar-refractivity contribution in [2.24, 2.45) is 16.5 Å². The quantitative estimate of drug-likeness (QED) is 0.107. The van der Waals surface area contributed by atoms with Crippen LogP contribution in [0.2, 0.25) is 0 Å². The molecule has 1 saturated heterocycles. The SMILES string of the molecule is NC(N)=NCCC[C@@H]1C[C@H](OCc2ccc3ccccc3c2)CN1C(=O)[C@@H](Cc1ccccc1)NC(=O)[C@@H]1Cc2ccccc2CN1. The Morgan fingerprint density at radius 2 is 1.66 bits per heavy atom. The van der Waals surface area contributed by atoms with Crippen molar-refractivity contribution in [3.05, 3.63) is 119 Å². The molecule has 2 amide bonds. The van der Waals surface area contributed by atoms with Crippen LogP contribution in [-0.2, 0) is 40.3 Å². The summed E-state index contributed by atoms with van der Waals surface area (Å²) in [6, 6.07) is 31.4. The third kappa shape index (κ3) is 8.36. The first kappa shape index (κ1) is 32.2. The Kier molecular flexibility index (Phi) is 10.4. The first-order valence-electron chi connectivity index (χ1n) is 16.5. The Hall–Kier alpha value is -4.73. The number of likely N-dealkylation sites (tertiary alicyclic amines) is 1. The van der Waals surface area contributed by atoms with Gasteiger partial charge in [0.25, 0.3) is 0 Å². The predicted molar refractivity (Wildman–Crippen MR) is 185 cm³/mol. The van der Waals surface area contributed by atoms with Gasteiger partial charge >= 0.3 is 0 Å². The van der Waals surface area contributed by atoms with E-state index in [-0.39, 0.29) is 29.9 Å². The van der Waals surface area contributed by atoms with Crippen LogP contribution in [0.1, 0.15) is 41.5 Å². The molecule has 2 aliphatic rings. The van der Waals surface area contributed by atoms with E-state index >= 15 is 0 Å². The van der Waals surface area contributed by atoms with E-state index < -0.39 is 12.1 Å². The number of aliphatic imine (C=N–C) groups is 1. The Labute approximate surface area is 276 Å². The van der Waals surface area contributed by atoms with E-state index in [1.807, 2.05) is 59.5 Å². The second-order valence-electron chi connectivity index (χ2n) is 12.6. The van der Waals surface area contributed by atoms with Gasteiger partial charge in [-0.3, -0.25) is 14.6 Å². The van der Waals surface area contributed by atoms with Crippen molar-refractivity contribution < 1.29 is 14.3 Å². The minimum atomic E-state index is -0.719. The van der Waals surface area contributed by atoms with E-state index in [4.69, 9.17) is 16.2 Å². The van der Waals surface area contributed by atoms with Crippen LogP contribution in [0.15, 0.2) is 102 Å². The van der Waals surface area contributed by atoms with Gasteiger partial charge < -0.3 is 31.7 Å². The summed E-state index contributed by atoms with van der Waals surface area (Å²) in [6.07, 6.45) is 3.00. The Bertz CT molecular complexity index is 1710. The molecule has 0 unspecified atom stereocenters. The fourth-order valence-electron chi connectivity index (χ4n) is 6.78. The molecule has 244 valence electrons. The highest BCUT2D eigenvalue weighted by molar-refractivity contribution is 5.90. The molecule has 2 heterocycles. The standard InChI is InChI=1S/C38H44N6O3/c39-38(40)41-18-8-15-32-22-33(47-25-27-16-17-28-11-4-5-12-29(28)19-27)24-44(32)37(46)35(20-26-9-2-1-3-10-26)43-36(45)34-21-30-13-6-7-14-31(30)23-42-34/h1-7,9-14,16-17,19,32-35,42H,8,15,18,20-25H2,(H,43,45)(H4,39,40,41)/t32-,33+,34+,35-/m1/s1. The molecule has 4 aromatic rings. The molecule has 0 aromatic heterocycles. The molecule has 6 rings (SSSR count). The number of amides is 2. The van der Waals surface area contributed by atoms with Gasteiger partial charge in [-0.05, 0) is 64.8 Å². The average Bonchev–Trinajstić information content (AvgIpc) is 3.51. The number of rotatable bonds is 12. The van der Waals surface area contributed by atoms with Crippen LogP contribution in [0.25, 0.3) is 10.8 Å². The molecule has 1 fully saturated rings. The fourth-order valence-corrected chi connectivity index (χ4v) is 6.78. The number of fused-ring (bicyclic) bond motifs is 2. The lowest BCUT2D eigenvalue weighted by Crippen LogP contribution is -2.56. The summed E-state index contributed by atoms with van der Waals surface area (Å²) in [4.78, 5) is 34.2. The number of nitrogens with zero attached hydrogens (tertiary/aromatic N) is 2. The van der Waals surface area contributed by atoms with Gasteiger partial charge in [0.2, 0.25) is 11.8 Å². The van der Waals surface area contributed by atoms with Crippen molar-refractivity contribution >= 4 is 28.5 Å². The summed E-state index contributed by atoms with van der Waals surface area (Å²) in [7, 11) is 0. The Morgan fingerprint density at radius 3 is 2.47 bits per heavy atom. The fraction of sp³-hybridized carbons (Fsp3) is 0.342. The molecule has 9 heteroatoms. The Balaban J connectivity index is 1.18. The van der Waals surface area contributed by atoms with Crippen LogP contribution >= 0.6 is 0 Å². The summed E-state index contributed by atoms with van der Waals surface area (Å²) >= 11 is 0. The maximum absolute atomic E-state index is 14.5. The van der Waals surface area contributed by atoms with Crippen molar-refractivity contribution in [3.63, 3.8) is 0 Å². The molecule has 0 radical (unpaired) electrons. The number of carbonyl (C=O) groups excluding carboxylic acids is 2. The molecule has 0 aliphatic carbocycles. The van der Waals surface area contributed by atoms with Gasteiger partial charge in [-0.25, -0.2) is 0 Å². The van der Waals surface area contributed by atoms with Gasteiger partial charge in [-0.2, -0.15) is 0 Å². The zero-order valence-electron chi connectivity index (χ0n) is 26.7. The van der Waals surface area contributed by atoms with Gasteiger partial charge in [0.05, 0.1) is 18.8 Å². The number of benzene rings is 4. The maximum Gasteiger partial charge on any atom is 0.245 e. The molecule has 9 nitrogen and oxygen atoms in total. The molecular formula is C38H44N6O3. The van der Waals surface area contributed by atoms with Crippen LogP contribution in [-0.4, -0.2) is 60.0 Å². The smallest absolute Gasteiger partial charge is 0.245 e. The van der Waals surface area contributed by atoms with Gasteiger partial charge in [-0.1, -0.05) is 91.0 Å². The zero-order chi connectivity index (χ0) is 32.6. The van der Waals surface area contributed by atoms with Gasteiger partial charge in [0, 0.05) is 32.1 Å². The van der Waals surface area contributed by atoms with Crippen LogP contribution in [0.5, 0.6) is 0 Å². The third-order valence-corrected chi connectivity index (χ3v) is 9.24. The van der Waals surface area contributed by atoms with Crippen molar-refractivity contribution in [1.82, 2.24) is 15.5 Å². The first-order chi connectivity index (χ1) is 22.9. The average molecular weight is 633 g/mol. The molecule has 0 spiro atoms. The molecule has 47 heavy (non-hydrogen) atoms. The van der Waals surface area contributed by atoms with Gasteiger partial charge in [-0.15, -0.1) is 0 Å². The zero-order valence-corrected chi connectivity index (χ0v) is 26.7. The number of nitrogens with two attached hydrogens (primary N) is 2. The van der Waals surface area contributed by atoms with Crippen LogP contribution < -0.4 is 22.1 Å². The number of hydrogen-bond donors (Lipinski definition) is 4. The molecule has 0 saturated carbocycles. The first-order valence-corrected chi connectivity index (χ1v) is 16.5. The van der Waals surface area contributed by atoms with E-state index in [0.29, 0.717) is 45.5 Å². The number of guanidine groups is 1. The lowest BCUT2D eigenvalue weighted by atomic mass is 9.95. The highest BCUT2D eigenvalue weighted by Gasteiger charge is 2.39. The lowest BCUT2D eigenvalue weighted by Gasteiger charge is -2.31. The predicted octanol–water partition coefficient (Wildman–Crippen LogP) is 3.82. The topological polar surface area (TPSA) is 135 Å². The van der Waals surface area contributed by atoms with Crippen LogP contribution in [0, 0.1) is 0 Å². The normalized spacial score (nSPS) is 19.6. The van der Waals surface area contributed by atoms with Gasteiger partial charge in [0.1, 0.15) is 6.04 Å². The second-order valence-corrected chi connectivity index (χ2v) is 12.6. The largest absolute Gasteiger partial charge is 0.372 e. The minimum Gasteiger partial charge on any atom is -0.372 e. The van der Waals surface area contributed by atoms with E-state index in [1.165, 1.54) is 16.3 Å². The summed E-state index contributed by atoms with van der Waals surface area (Å²) in [5.41, 5.74) is 15.6. The molecule has 0 bridgehead atoms. The number of carbonyl (C=O) groups is 2. The van der Waals surface area contributed by atoms with Crippen molar-refractivity contribution in [1.29, 1.82) is 0 Å². The van der Waals surface area contributed by atoms with E-state index in [2.05, 4.69) is 58.1 Å². The monoisotopic (exact) mass is 632 g/mol. The number of ether oxygens (including phenoxy) is 1. The molecule has 4 atom stereocenters. The summed E-state index contributed by atoms with van der Waals surface area (Å²) in [6.45, 7) is 2.01. The number of hydrogen-bond acceptors (Lipinski definition) is 5. The van der Waals surface area contributed by atoms with E-state index in [0.717, 1.165) is 29.5 Å². The molecule has 4 aromatic carbocycles. The van der Waals surface area contributed by atoms with Crippen molar-refractivity contribution in [2.75, 3.05) is 13.1 Å². The van der Waals surface area contributed by atoms with E-state index in [9.17, 15) is 9.59 Å². The van der Waals surface area contributed by atoms with E-state index in [1.54, 1.807) is 0 Å². The molecule has 2 aliphatic heterocycles. The second kappa shape index (κ2) is 15.2. The van der Waals surface area contributed by atoms with Crippen LogP contribution in [0.3, 0.4) is 0 Å². The highest BCUT2D eigenvalue weighted by Crippen LogP contribution is 2.27. The van der Waals surface area contributed by atoms with Gasteiger partial charge in [0.15, 0.2) is 5.96 Å². The van der Waals surface area contributed by atoms with Crippen molar-refractivity contribution in [3.8, 4) is 0 Å². The summed E-state index contributed by atoms with van der Waals surface area (Å²) in [5.74, 6) is -0.200. The van der Waals surface area contributed by atoms with Crippen molar-refractivity contribution in [2.45, 2.75) is 69.5 Å².